The van der Waals surface area contributed by atoms with E-state index in [0.717, 1.165) is 42.4 Å². The minimum absolute atomic E-state index is 0.104. The summed E-state index contributed by atoms with van der Waals surface area (Å²) in [6.45, 7) is 7.25. The van der Waals surface area contributed by atoms with Crippen molar-refractivity contribution in [3.8, 4) is 0 Å². The zero-order valence-electron chi connectivity index (χ0n) is 18.7. The molecule has 1 aromatic carbocycles. The Kier molecular flexibility index (Phi) is 5.52. The Morgan fingerprint density at radius 3 is 2.91 bits per heavy atom. The fourth-order valence-electron chi connectivity index (χ4n) is 4.99. The van der Waals surface area contributed by atoms with Gasteiger partial charge in [0.05, 0.1) is 12.2 Å². The highest BCUT2D eigenvalue weighted by Crippen LogP contribution is 2.34. The summed E-state index contributed by atoms with van der Waals surface area (Å²) in [5, 5.41) is 3.01. The number of rotatable bonds is 4. The Bertz CT molecular complexity index is 1120. The topological polar surface area (TPSA) is 61.4 Å². The third kappa shape index (κ3) is 4.17. The molecule has 2 aliphatic heterocycles. The van der Waals surface area contributed by atoms with Gasteiger partial charge in [-0.1, -0.05) is 18.2 Å². The van der Waals surface area contributed by atoms with Crippen LogP contribution < -0.4 is 15.1 Å². The van der Waals surface area contributed by atoms with E-state index in [1.165, 1.54) is 24.1 Å². The van der Waals surface area contributed by atoms with Gasteiger partial charge < -0.3 is 15.1 Å². The number of carbonyl (C=O) groups is 1. The molecule has 0 unspecified atom stereocenters. The lowest BCUT2D eigenvalue weighted by atomic mass is 10.1. The van der Waals surface area contributed by atoms with Crippen LogP contribution in [0.5, 0.6) is 0 Å². The molecule has 6 heteroatoms. The Morgan fingerprint density at radius 2 is 2.03 bits per heavy atom. The first kappa shape index (κ1) is 20.5. The SMILES string of the molecule is Cc1cc(C)nc(CNC(=O)c2ccnc(N3Cc4ccccc4N4CCC[C@@H]4C3)c2)c1. The molecule has 0 radical (unpaired) electrons. The van der Waals surface area contributed by atoms with E-state index in [-0.39, 0.29) is 5.91 Å². The maximum atomic E-state index is 12.9. The van der Waals surface area contributed by atoms with E-state index in [4.69, 9.17) is 0 Å². The van der Waals surface area contributed by atoms with E-state index in [1.54, 1.807) is 12.3 Å². The van der Waals surface area contributed by atoms with Crippen molar-refractivity contribution in [2.24, 2.45) is 0 Å². The number of fused-ring (bicyclic) bond motifs is 3. The number of hydrogen-bond donors (Lipinski definition) is 1. The van der Waals surface area contributed by atoms with Crippen LogP contribution in [0.25, 0.3) is 0 Å². The molecule has 0 spiro atoms. The summed E-state index contributed by atoms with van der Waals surface area (Å²) >= 11 is 0. The molecule has 1 amide bonds. The number of anilines is 2. The quantitative estimate of drug-likeness (QED) is 0.682. The molecule has 2 aliphatic rings. The molecule has 164 valence electrons. The standard InChI is InChI=1S/C26H29N5O/c1-18-12-19(2)29-22(13-18)15-28-26(32)20-9-10-27-25(14-20)30-16-21-6-3-4-8-24(21)31-11-5-7-23(31)17-30/h3-4,6,8-10,12-14,23H,5,7,11,15-17H2,1-2H3,(H,28,32)/t23-/m1/s1. The number of nitrogens with zero attached hydrogens (tertiary/aromatic N) is 4. The first-order valence-electron chi connectivity index (χ1n) is 11.3. The number of para-hydroxylation sites is 1. The van der Waals surface area contributed by atoms with Gasteiger partial charge in [-0.25, -0.2) is 4.98 Å². The van der Waals surface area contributed by atoms with Crippen molar-refractivity contribution in [2.75, 3.05) is 22.9 Å². The van der Waals surface area contributed by atoms with Crippen LogP contribution in [0.3, 0.4) is 0 Å². The maximum Gasteiger partial charge on any atom is 0.251 e. The number of benzene rings is 1. The van der Waals surface area contributed by atoms with Crippen LogP contribution in [0.15, 0.2) is 54.7 Å². The number of carbonyl (C=O) groups excluding carboxylic acids is 1. The van der Waals surface area contributed by atoms with Crippen LogP contribution in [0.4, 0.5) is 11.5 Å². The summed E-state index contributed by atoms with van der Waals surface area (Å²) in [7, 11) is 0. The van der Waals surface area contributed by atoms with E-state index in [0.29, 0.717) is 18.2 Å². The molecule has 0 bridgehead atoms. The first-order chi connectivity index (χ1) is 15.6. The second kappa shape index (κ2) is 8.61. The lowest BCUT2D eigenvalue weighted by molar-refractivity contribution is 0.0950. The minimum Gasteiger partial charge on any atom is -0.366 e. The minimum atomic E-state index is -0.104. The summed E-state index contributed by atoms with van der Waals surface area (Å²) in [4.78, 5) is 26.9. The molecule has 2 aromatic heterocycles. The Morgan fingerprint density at radius 1 is 1.16 bits per heavy atom. The predicted molar refractivity (Wildman–Crippen MR) is 127 cm³/mol. The van der Waals surface area contributed by atoms with Crippen LogP contribution in [0.1, 0.15) is 45.7 Å². The molecule has 1 saturated heterocycles. The van der Waals surface area contributed by atoms with Gasteiger partial charge in [0.1, 0.15) is 5.82 Å². The maximum absolute atomic E-state index is 12.9. The van der Waals surface area contributed by atoms with Gasteiger partial charge in [-0.3, -0.25) is 9.78 Å². The Labute approximate surface area is 189 Å². The smallest absolute Gasteiger partial charge is 0.251 e. The van der Waals surface area contributed by atoms with Gasteiger partial charge in [0, 0.05) is 48.8 Å². The summed E-state index contributed by atoms with van der Waals surface area (Å²) in [6.07, 6.45) is 4.14. The van der Waals surface area contributed by atoms with Gasteiger partial charge in [-0.05, 0) is 68.1 Å². The van der Waals surface area contributed by atoms with Crippen molar-refractivity contribution < 1.29 is 4.79 Å². The number of nitrogens with one attached hydrogen (secondary N) is 1. The monoisotopic (exact) mass is 427 g/mol. The van der Waals surface area contributed by atoms with Gasteiger partial charge in [-0.2, -0.15) is 0 Å². The summed E-state index contributed by atoms with van der Waals surface area (Å²) in [5.41, 5.74) is 6.26. The van der Waals surface area contributed by atoms with Gasteiger partial charge in [-0.15, -0.1) is 0 Å². The Hall–Kier alpha value is -3.41. The molecule has 0 aliphatic carbocycles. The van der Waals surface area contributed by atoms with Crippen molar-refractivity contribution in [1.29, 1.82) is 0 Å². The molecule has 4 heterocycles. The molecular weight excluding hydrogens is 398 g/mol. The van der Waals surface area contributed by atoms with Crippen molar-refractivity contribution in [3.05, 3.63) is 82.8 Å². The molecule has 1 atom stereocenters. The van der Waals surface area contributed by atoms with Crippen LogP contribution >= 0.6 is 0 Å². The van der Waals surface area contributed by atoms with Crippen LogP contribution in [0.2, 0.25) is 0 Å². The highest BCUT2D eigenvalue weighted by atomic mass is 16.1. The van der Waals surface area contributed by atoms with Gasteiger partial charge in [0.15, 0.2) is 0 Å². The third-order valence-corrected chi connectivity index (χ3v) is 6.38. The number of hydrogen-bond acceptors (Lipinski definition) is 5. The highest BCUT2D eigenvalue weighted by Gasteiger charge is 2.31. The second-order valence-electron chi connectivity index (χ2n) is 8.86. The number of amides is 1. The fraction of sp³-hybridized carbons (Fsp3) is 0.346. The Balaban J connectivity index is 1.35. The van der Waals surface area contributed by atoms with Crippen LogP contribution in [-0.2, 0) is 13.1 Å². The normalized spacial score (nSPS) is 17.5. The second-order valence-corrected chi connectivity index (χ2v) is 8.86. The molecular formula is C26H29N5O. The average molecular weight is 428 g/mol. The molecule has 3 aromatic rings. The van der Waals surface area contributed by atoms with Gasteiger partial charge in [0.2, 0.25) is 0 Å². The molecule has 32 heavy (non-hydrogen) atoms. The lowest BCUT2D eigenvalue weighted by Crippen LogP contribution is -2.37. The van der Waals surface area contributed by atoms with Crippen LogP contribution in [0, 0.1) is 13.8 Å². The van der Waals surface area contributed by atoms with Gasteiger partial charge >= 0.3 is 0 Å². The van der Waals surface area contributed by atoms with Gasteiger partial charge in [0.25, 0.3) is 5.91 Å². The van der Waals surface area contributed by atoms with E-state index in [2.05, 4.69) is 49.4 Å². The van der Waals surface area contributed by atoms with Crippen molar-refractivity contribution >= 4 is 17.4 Å². The lowest BCUT2D eigenvalue weighted by Gasteiger charge is -2.28. The zero-order valence-corrected chi connectivity index (χ0v) is 18.7. The number of pyridine rings is 2. The molecule has 1 fully saturated rings. The largest absolute Gasteiger partial charge is 0.366 e. The van der Waals surface area contributed by atoms with Crippen molar-refractivity contribution in [3.63, 3.8) is 0 Å². The average Bonchev–Trinajstić information content (AvgIpc) is 3.18. The first-order valence-corrected chi connectivity index (χ1v) is 11.3. The van der Waals surface area contributed by atoms with E-state index in [9.17, 15) is 4.79 Å². The van der Waals surface area contributed by atoms with Crippen LogP contribution in [-0.4, -0.2) is 35.0 Å². The van der Waals surface area contributed by atoms with Crippen molar-refractivity contribution in [1.82, 2.24) is 15.3 Å². The molecule has 1 N–H and O–H groups in total. The third-order valence-electron chi connectivity index (χ3n) is 6.38. The zero-order chi connectivity index (χ0) is 22.1. The summed E-state index contributed by atoms with van der Waals surface area (Å²) < 4.78 is 0. The van der Waals surface area contributed by atoms with E-state index in [1.807, 2.05) is 32.0 Å². The molecule has 5 rings (SSSR count). The van der Waals surface area contributed by atoms with E-state index < -0.39 is 0 Å². The van der Waals surface area contributed by atoms with E-state index >= 15 is 0 Å². The predicted octanol–water partition coefficient (Wildman–Crippen LogP) is 4.01. The number of aryl methyl sites for hydroxylation is 2. The molecule has 0 saturated carbocycles. The summed E-state index contributed by atoms with van der Waals surface area (Å²) in [6, 6.07) is 16.9. The number of aromatic nitrogens is 2. The highest BCUT2D eigenvalue weighted by molar-refractivity contribution is 5.94. The fourth-order valence-corrected chi connectivity index (χ4v) is 4.99. The van der Waals surface area contributed by atoms with Crippen molar-refractivity contribution in [2.45, 2.75) is 45.8 Å². The molecule has 6 nitrogen and oxygen atoms in total. The summed E-state index contributed by atoms with van der Waals surface area (Å²) in [5.74, 6) is 0.748.